The summed E-state index contributed by atoms with van der Waals surface area (Å²) in [6.45, 7) is 0. The van der Waals surface area contributed by atoms with Crippen LogP contribution in [0.15, 0.2) is 65.8 Å². The lowest BCUT2D eigenvalue weighted by atomic mass is 9.95. The molecule has 0 spiro atoms. The van der Waals surface area contributed by atoms with Gasteiger partial charge in [-0.3, -0.25) is 0 Å². The van der Waals surface area contributed by atoms with E-state index in [1.807, 2.05) is 35.3 Å². The first-order valence-electron chi connectivity index (χ1n) is 9.88. The molecule has 2 aliphatic rings. The third-order valence-electron chi connectivity index (χ3n) is 5.64. The molecule has 5 nitrogen and oxygen atoms in total. The molecule has 0 unspecified atom stereocenters. The van der Waals surface area contributed by atoms with Gasteiger partial charge in [0.05, 0.1) is 31.5 Å². The SMILES string of the molecule is COc1ccc(C2=NN3[C@H](C2)c2cc(Cl)ccc2O[C@@H]3c2ccccc2F)cc1OC. The molecule has 0 aromatic heterocycles. The lowest BCUT2D eigenvalue weighted by Gasteiger charge is -2.38. The van der Waals surface area contributed by atoms with E-state index < -0.39 is 6.23 Å². The van der Waals surface area contributed by atoms with Gasteiger partial charge in [0, 0.05) is 22.6 Å². The van der Waals surface area contributed by atoms with Crippen LogP contribution in [0.2, 0.25) is 5.02 Å². The average Bonchev–Trinajstić information content (AvgIpc) is 3.24. The molecule has 2 heterocycles. The molecule has 31 heavy (non-hydrogen) atoms. The molecule has 0 aliphatic carbocycles. The first-order chi connectivity index (χ1) is 15.1. The van der Waals surface area contributed by atoms with Crippen LogP contribution < -0.4 is 14.2 Å². The van der Waals surface area contributed by atoms with Crippen LogP contribution in [0.1, 0.15) is 35.4 Å². The Balaban J connectivity index is 1.60. The molecule has 0 amide bonds. The number of fused-ring (bicyclic) bond motifs is 3. The van der Waals surface area contributed by atoms with Crippen LogP contribution in [0, 0.1) is 5.82 Å². The highest BCUT2D eigenvalue weighted by Crippen LogP contribution is 2.48. The number of hydrazone groups is 1. The van der Waals surface area contributed by atoms with E-state index in [1.165, 1.54) is 6.07 Å². The number of rotatable bonds is 4. The molecule has 3 aromatic carbocycles. The Morgan fingerprint density at radius 2 is 1.81 bits per heavy atom. The van der Waals surface area contributed by atoms with Gasteiger partial charge in [0.15, 0.2) is 11.5 Å². The standard InChI is InChI=1S/C24H20ClFN2O3/c1-29-22-9-7-14(11-23(22)30-2)19-13-20-17-12-15(25)8-10-21(17)31-24(28(20)27-19)16-5-3-4-6-18(16)26/h3-12,20,24H,13H2,1-2H3/t20-,24-/m1/s1. The Morgan fingerprint density at radius 1 is 1.00 bits per heavy atom. The van der Waals surface area contributed by atoms with E-state index >= 15 is 0 Å². The number of hydrogen-bond acceptors (Lipinski definition) is 5. The van der Waals surface area contributed by atoms with Crippen LogP contribution >= 0.6 is 11.6 Å². The third-order valence-corrected chi connectivity index (χ3v) is 5.88. The van der Waals surface area contributed by atoms with Crippen LogP contribution in [-0.2, 0) is 0 Å². The normalized spacial score (nSPS) is 19.2. The number of hydrogen-bond donors (Lipinski definition) is 0. The summed E-state index contributed by atoms with van der Waals surface area (Å²) < 4.78 is 31.7. The number of nitrogens with zero attached hydrogens (tertiary/aromatic N) is 2. The highest BCUT2D eigenvalue weighted by Gasteiger charge is 2.42. The molecule has 0 N–H and O–H groups in total. The van der Waals surface area contributed by atoms with E-state index in [0.29, 0.717) is 34.3 Å². The maximum Gasteiger partial charge on any atom is 0.216 e. The highest BCUT2D eigenvalue weighted by atomic mass is 35.5. The summed E-state index contributed by atoms with van der Waals surface area (Å²) in [6.07, 6.45) is -0.0607. The molecule has 0 radical (unpaired) electrons. The minimum absolute atomic E-state index is 0.129. The van der Waals surface area contributed by atoms with Gasteiger partial charge in [-0.2, -0.15) is 5.10 Å². The van der Waals surface area contributed by atoms with Gasteiger partial charge in [-0.15, -0.1) is 0 Å². The van der Waals surface area contributed by atoms with Gasteiger partial charge in [-0.25, -0.2) is 9.40 Å². The Labute approximate surface area is 184 Å². The van der Waals surface area contributed by atoms with Gasteiger partial charge in [-0.1, -0.05) is 29.8 Å². The van der Waals surface area contributed by atoms with Crippen LogP contribution in [0.4, 0.5) is 4.39 Å². The summed E-state index contributed by atoms with van der Waals surface area (Å²) in [5, 5.41) is 7.30. The molecule has 0 fully saturated rings. The summed E-state index contributed by atoms with van der Waals surface area (Å²) >= 11 is 6.27. The predicted molar refractivity (Wildman–Crippen MR) is 117 cm³/mol. The molecular weight excluding hydrogens is 419 g/mol. The van der Waals surface area contributed by atoms with Crippen molar-refractivity contribution in [2.24, 2.45) is 5.10 Å². The Kier molecular flexibility index (Phi) is 4.94. The number of ether oxygens (including phenoxy) is 3. The van der Waals surface area contributed by atoms with Gasteiger partial charge < -0.3 is 14.2 Å². The molecule has 2 aliphatic heterocycles. The van der Waals surface area contributed by atoms with Crippen molar-refractivity contribution in [2.45, 2.75) is 18.7 Å². The fourth-order valence-electron chi connectivity index (χ4n) is 4.13. The van der Waals surface area contributed by atoms with Crippen LogP contribution in [0.3, 0.4) is 0 Å². The van der Waals surface area contributed by atoms with E-state index in [-0.39, 0.29) is 11.9 Å². The summed E-state index contributed by atoms with van der Waals surface area (Å²) in [4.78, 5) is 0. The topological polar surface area (TPSA) is 43.3 Å². The van der Waals surface area contributed by atoms with E-state index in [2.05, 4.69) is 0 Å². The molecule has 158 valence electrons. The zero-order valence-electron chi connectivity index (χ0n) is 17.0. The highest BCUT2D eigenvalue weighted by molar-refractivity contribution is 6.30. The molecule has 0 bridgehead atoms. The van der Waals surface area contributed by atoms with Gasteiger partial charge in [0.1, 0.15) is 11.6 Å². The van der Waals surface area contributed by atoms with Crippen LogP contribution in [0.25, 0.3) is 0 Å². The van der Waals surface area contributed by atoms with Crippen molar-refractivity contribution in [1.82, 2.24) is 5.01 Å². The molecule has 7 heteroatoms. The van der Waals surface area contributed by atoms with Crippen molar-refractivity contribution in [3.05, 3.63) is 88.2 Å². The van der Waals surface area contributed by atoms with E-state index in [1.54, 1.807) is 38.5 Å². The smallest absolute Gasteiger partial charge is 0.216 e. The number of halogens is 2. The molecule has 3 aromatic rings. The van der Waals surface area contributed by atoms with E-state index in [9.17, 15) is 4.39 Å². The Bertz CT molecular complexity index is 1180. The summed E-state index contributed by atoms with van der Waals surface area (Å²) in [5.74, 6) is 1.62. The molecule has 0 saturated carbocycles. The maximum absolute atomic E-state index is 14.7. The van der Waals surface area contributed by atoms with Gasteiger partial charge in [-0.05, 0) is 42.5 Å². The predicted octanol–water partition coefficient (Wildman–Crippen LogP) is 5.74. The summed E-state index contributed by atoms with van der Waals surface area (Å²) in [5.41, 5.74) is 3.12. The average molecular weight is 439 g/mol. The lowest BCUT2D eigenvalue weighted by Crippen LogP contribution is -2.34. The third kappa shape index (κ3) is 3.37. The van der Waals surface area contributed by atoms with Gasteiger partial charge in [0.25, 0.3) is 0 Å². The number of benzene rings is 3. The van der Waals surface area contributed by atoms with Crippen molar-refractivity contribution in [3.8, 4) is 17.2 Å². The van der Waals surface area contributed by atoms with Crippen molar-refractivity contribution in [2.75, 3.05) is 14.2 Å². The van der Waals surface area contributed by atoms with Gasteiger partial charge in [0.2, 0.25) is 6.23 Å². The fraction of sp³-hybridized carbons (Fsp3) is 0.208. The van der Waals surface area contributed by atoms with Crippen LogP contribution in [0.5, 0.6) is 17.2 Å². The zero-order chi connectivity index (χ0) is 21.5. The Morgan fingerprint density at radius 3 is 2.58 bits per heavy atom. The van der Waals surface area contributed by atoms with Crippen molar-refractivity contribution >= 4 is 17.3 Å². The van der Waals surface area contributed by atoms with Crippen molar-refractivity contribution < 1.29 is 18.6 Å². The second kappa shape index (κ2) is 7.78. The van der Waals surface area contributed by atoms with E-state index in [0.717, 1.165) is 16.8 Å². The lowest BCUT2D eigenvalue weighted by molar-refractivity contribution is -0.0211. The summed E-state index contributed by atoms with van der Waals surface area (Å²) in [6, 6.07) is 17.7. The molecule has 0 saturated heterocycles. The second-order valence-corrected chi connectivity index (χ2v) is 7.83. The fourth-order valence-corrected chi connectivity index (χ4v) is 4.31. The zero-order valence-corrected chi connectivity index (χ0v) is 17.8. The van der Waals surface area contributed by atoms with Crippen molar-refractivity contribution in [3.63, 3.8) is 0 Å². The first kappa shape index (κ1) is 19.7. The molecule has 5 rings (SSSR count). The largest absolute Gasteiger partial charge is 0.493 e. The summed E-state index contributed by atoms with van der Waals surface area (Å²) in [7, 11) is 3.20. The van der Waals surface area contributed by atoms with Crippen LogP contribution in [-0.4, -0.2) is 24.9 Å². The minimum Gasteiger partial charge on any atom is -0.493 e. The quantitative estimate of drug-likeness (QED) is 0.521. The first-order valence-corrected chi connectivity index (χ1v) is 10.3. The van der Waals surface area contributed by atoms with Crippen molar-refractivity contribution in [1.29, 1.82) is 0 Å². The Hall–Kier alpha value is -3.25. The number of methoxy groups -OCH3 is 2. The minimum atomic E-state index is -0.683. The van der Waals surface area contributed by atoms with E-state index in [4.69, 9.17) is 30.9 Å². The van der Waals surface area contributed by atoms with Gasteiger partial charge >= 0.3 is 0 Å². The monoisotopic (exact) mass is 438 g/mol. The molecule has 2 atom stereocenters. The maximum atomic E-state index is 14.7. The second-order valence-electron chi connectivity index (χ2n) is 7.39. The molecular formula is C24H20ClFN2O3.